The Balaban J connectivity index is 3.62. The van der Waals surface area contributed by atoms with E-state index < -0.39 is 9.70 Å². The SMILES string of the molecule is C=CCCNC(=O)C(Cl)(Cl)Cl. The third-order valence-electron chi connectivity index (χ3n) is 0.891. The van der Waals surface area contributed by atoms with Gasteiger partial charge in [0.15, 0.2) is 0 Å². The van der Waals surface area contributed by atoms with Crippen LogP contribution in [0.1, 0.15) is 6.42 Å². The molecule has 0 aliphatic heterocycles. The number of nitrogens with one attached hydrogen (secondary N) is 1. The van der Waals surface area contributed by atoms with Gasteiger partial charge in [0.05, 0.1) is 0 Å². The number of hydrogen-bond donors (Lipinski definition) is 1. The van der Waals surface area contributed by atoms with Crippen LogP contribution in [0.4, 0.5) is 0 Å². The monoisotopic (exact) mass is 215 g/mol. The minimum Gasteiger partial charge on any atom is -0.352 e. The molecule has 11 heavy (non-hydrogen) atoms. The molecular formula is C6H8Cl3NO. The highest BCUT2D eigenvalue weighted by atomic mass is 35.6. The van der Waals surface area contributed by atoms with Gasteiger partial charge in [0.25, 0.3) is 9.70 Å². The van der Waals surface area contributed by atoms with Crippen LogP contribution in [0.15, 0.2) is 12.7 Å². The van der Waals surface area contributed by atoms with Gasteiger partial charge in [-0.1, -0.05) is 40.9 Å². The molecule has 1 N–H and O–H groups in total. The molecule has 0 radical (unpaired) electrons. The first kappa shape index (κ1) is 11.1. The van der Waals surface area contributed by atoms with Crippen molar-refractivity contribution in [2.75, 3.05) is 6.54 Å². The van der Waals surface area contributed by atoms with Gasteiger partial charge in [-0.05, 0) is 6.42 Å². The third-order valence-corrected chi connectivity index (χ3v) is 1.41. The molecule has 0 rings (SSSR count). The summed E-state index contributed by atoms with van der Waals surface area (Å²) in [6, 6.07) is 0. The molecule has 0 aromatic carbocycles. The fraction of sp³-hybridized carbons (Fsp3) is 0.500. The average molecular weight is 216 g/mol. The third kappa shape index (κ3) is 5.36. The van der Waals surface area contributed by atoms with Crippen molar-refractivity contribution in [2.24, 2.45) is 0 Å². The zero-order chi connectivity index (χ0) is 8.91. The minimum absolute atomic E-state index is 0.441. The van der Waals surface area contributed by atoms with Gasteiger partial charge >= 0.3 is 0 Å². The summed E-state index contributed by atoms with van der Waals surface area (Å²) < 4.78 is -1.86. The predicted molar refractivity (Wildman–Crippen MR) is 48.1 cm³/mol. The van der Waals surface area contributed by atoms with Gasteiger partial charge in [-0.15, -0.1) is 6.58 Å². The van der Waals surface area contributed by atoms with E-state index in [1.165, 1.54) is 0 Å². The summed E-state index contributed by atoms with van der Waals surface area (Å²) in [5.74, 6) is -0.607. The van der Waals surface area contributed by atoms with E-state index in [0.29, 0.717) is 13.0 Å². The van der Waals surface area contributed by atoms with E-state index in [-0.39, 0.29) is 0 Å². The summed E-state index contributed by atoms with van der Waals surface area (Å²) >= 11 is 15.8. The van der Waals surface area contributed by atoms with Crippen LogP contribution in [-0.2, 0) is 4.79 Å². The van der Waals surface area contributed by atoms with E-state index in [2.05, 4.69) is 11.9 Å². The Morgan fingerprint density at radius 2 is 2.09 bits per heavy atom. The van der Waals surface area contributed by atoms with Crippen molar-refractivity contribution in [1.29, 1.82) is 0 Å². The molecule has 0 unspecified atom stereocenters. The van der Waals surface area contributed by atoms with Crippen LogP contribution in [0.3, 0.4) is 0 Å². The van der Waals surface area contributed by atoms with Crippen LogP contribution in [0.2, 0.25) is 0 Å². The Hall–Kier alpha value is 0.0800. The van der Waals surface area contributed by atoms with Crippen molar-refractivity contribution in [3.63, 3.8) is 0 Å². The highest BCUT2D eigenvalue weighted by Gasteiger charge is 2.29. The molecule has 0 aromatic heterocycles. The molecule has 0 aliphatic carbocycles. The highest BCUT2D eigenvalue weighted by Crippen LogP contribution is 2.25. The highest BCUT2D eigenvalue weighted by molar-refractivity contribution is 6.76. The maximum atomic E-state index is 10.8. The molecule has 0 spiro atoms. The number of carbonyl (C=O) groups excluding carboxylic acids is 1. The average Bonchev–Trinajstić information content (AvgIpc) is 1.86. The first-order chi connectivity index (χ1) is 4.98. The van der Waals surface area contributed by atoms with Crippen LogP contribution in [0.25, 0.3) is 0 Å². The fourth-order valence-corrected chi connectivity index (χ4v) is 0.588. The predicted octanol–water partition coefficient (Wildman–Crippen LogP) is 2.05. The van der Waals surface area contributed by atoms with Crippen molar-refractivity contribution in [3.8, 4) is 0 Å². The van der Waals surface area contributed by atoms with Gasteiger partial charge in [0.1, 0.15) is 0 Å². The van der Waals surface area contributed by atoms with Gasteiger partial charge in [-0.2, -0.15) is 0 Å². The Labute approximate surface area is 80.5 Å². The van der Waals surface area contributed by atoms with Crippen LogP contribution < -0.4 is 5.32 Å². The lowest BCUT2D eigenvalue weighted by molar-refractivity contribution is -0.120. The van der Waals surface area contributed by atoms with Gasteiger partial charge in [0.2, 0.25) is 0 Å². The van der Waals surface area contributed by atoms with Gasteiger partial charge in [-0.25, -0.2) is 0 Å². The summed E-state index contributed by atoms with van der Waals surface area (Å²) in [4.78, 5) is 10.8. The molecule has 64 valence electrons. The van der Waals surface area contributed by atoms with Crippen molar-refractivity contribution in [2.45, 2.75) is 10.2 Å². The van der Waals surface area contributed by atoms with Crippen molar-refractivity contribution in [3.05, 3.63) is 12.7 Å². The lowest BCUT2D eigenvalue weighted by atomic mass is 10.4. The minimum atomic E-state index is -1.86. The molecule has 5 heteroatoms. The van der Waals surface area contributed by atoms with E-state index in [9.17, 15) is 4.79 Å². The normalized spacial score (nSPS) is 10.8. The molecule has 2 nitrogen and oxygen atoms in total. The number of carbonyl (C=O) groups is 1. The van der Waals surface area contributed by atoms with Crippen molar-refractivity contribution in [1.82, 2.24) is 5.32 Å². The summed E-state index contributed by atoms with van der Waals surface area (Å²) in [5, 5.41) is 2.42. The first-order valence-corrected chi connectivity index (χ1v) is 4.08. The molecule has 0 saturated heterocycles. The van der Waals surface area contributed by atoms with Crippen LogP contribution in [0.5, 0.6) is 0 Å². The van der Waals surface area contributed by atoms with Crippen LogP contribution in [0, 0.1) is 0 Å². The van der Waals surface area contributed by atoms with E-state index >= 15 is 0 Å². The van der Waals surface area contributed by atoms with E-state index in [4.69, 9.17) is 34.8 Å². The zero-order valence-corrected chi connectivity index (χ0v) is 8.01. The number of halogens is 3. The standard InChI is InChI=1S/C6H8Cl3NO/c1-2-3-4-10-5(11)6(7,8)9/h2H,1,3-4H2,(H,10,11). The Morgan fingerprint density at radius 3 is 2.45 bits per heavy atom. The fourth-order valence-electron chi connectivity index (χ4n) is 0.388. The van der Waals surface area contributed by atoms with Crippen molar-refractivity contribution < 1.29 is 4.79 Å². The number of rotatable bonds is 3. The zero-order valence-electron chi connectivity index (χ0n) is 5.74. The quantitative estimate of drug-likeness (QED) is 0.437. The van der Waals surface area contributed by atoms with Crippen LogP contribution in [-0.4, -0.2) is 16.2 Å². The Morgan fingerprint density at radius 1 is 1.55 bits per heavy atom. The maximum Gasteiger partial charge on any atom is 0.272 e. The lowest BCUT2D eigenvalue weighted by Gasteiger charge is -2.09. The molecule has 0 aliphatic rings. The van der Waals surface area contributed by atoms with Gasteiger partial charge in [-0.3, -0.25) is 4.79 Å². The molecule has 0 atom stereocenters. The molecule has 0 bridgehead atoms. The second-order valence-corrected chi connectivity index (χ2v) is 4.11. The van der Waals surface area contributed by atoms with Gasteiger partial charge in [0, 0.05) is 6.54 Å². The molecule has 0 saturated carbocycles. The summed E-state index contributed by atoms with van der Waals surface area (Å²) in [5.41, 5.74) is 0. The Bertz CT molecular complexity index is 152. The summed E-state index contributed by atoms with van der Waals surface area (Å²) in [6.45, 7) is 3.91. The number of alkyl halides is 3. The van der Waals surface area contributed by atoms with Gasteiger partial charge < -0.3 is 5.32 Å². The molecular weight excluding hydrogens is 208 g/mol. The van der Waals surface area contributed by atoms with E-state index in [1.807, 2.05) is 0 Å². The van der Waals surface area contributed by atoms with Crippen molar-refractivity contribution >= 4 is 40.7 Å². The number of hydrogen-bond acceptors (Lipinski definition) is 1. The number of amides is 1. The molecule has 1 amide bonds. The molecule has 0 aromatic rings. The largest absolute Gasteiger partial charge is 0.352 e. The van der Waals surface area contributed by atoms with Crippen LogP contribution >= 0.6 is 34.8 Å². The smallest absolute Gasteiger partial charge is 0.272 e. The molecule has 0 heterocycles. The topological polar surface area (TPSA) is 29.1 Å². The van der Waals surface area contributed by atoms with E-state index in [1.54, 1.807) is 6.08 Å². The Kier molecular flexibility index (Phi) is 4.89. The van der Waals surface area contributed by atoms with E-state index in [0.717, 1.165) is 0 Å². The first-order valence-electron chi connectivity index (χ1n) is 2.94. The summed E-state index contributed by atoms with van der Waals surface area (Å²) in [7, 11) is 0. The summed E-state index contributed by atoms with van der Waals surface area (Å²) in [6.07, 6.45) is 2.32. The molecule has 0 fully saturated rings. The second-order valence-electron chi connectivity index (χ2n) is 1.83. The maximum absolute atomic E-state index is 10.8. The lowest BCUT2D eigenvalue weighted by Crippen LogP contribution is -2.34. The second kappa shape index (κ2) is 4.86.